The van der Waals surface area contributed by atoms with Crippen molar-refractivity contribution in [2.24, 2.45) is 0 Å². The lowest BCUT2D eigenvalue weighted by Crippen LogP contribution is -2.02. The number of halogens is 5. The van der Waals surface area contributed by atoms with E-state index in [4.69, 9.17) is 23.2 Å². The van der Waals surface area contributed by atoms with Gasteiger partial charge in [-0.3, -0.25) is 0 Å². The van der Waals surface area contributed by atoms with Crippen molar-refractivity contribution in [3.05, 3.63) is 69.5 Å². The van der Waals surface area contributed by atoms with E-state index in [1.807, 2.05) is 0 Å². The molecular weight excluding hydrogens is 296 g/mol. The molecule has 2 aromatic rings. The molecule has 0 saturated carbocycles. The normalized spacial score (nSPS) is 12.5. The summed E-state index contributed by atoms with van der Waals surface area (Å²) < 4.78 is 39.8. The van der Waals surface area contributed by atoms with Gasteiger partial charge in [0.15, 0.2) is 11.6 Å². The lowest BCUT2D eigenvalue weighted by Gasteiger charge is -2.15. The average molecular weight is 305 g/mol. The number of rotatable bonds is 2. The van der Waals surface area contributed by atoms with Crippen LogP contribution in [0, 0.1) is 24.4 Å². The topological polar surface area (TPSA) is 0 Å². The molecule has 1 atom stereocenters. The molecule has 2 aromatic carbocycles. The molecule has 2 rings (SSSR count). The smallest absolute Gasteiger partial charge is 0.161 e. The predicted octanol–water partition coefficient (Wildman–Crippen LogP) is 5.39. The highest BCUT2D eigenvalue weighted by atomic mass is 35.5. The van der Waals surface area contributed by atoms with Crippen molar-refractivity contribution in [1.82, 2.24) is 0 Å². The fourth-order valence-electron chi connectivity index (χ4n) is 1.80. The minimum Gasteiger partial charge on any atom is -0.207 e. The molecule has 0 aliphatic carbocycles. The Hall–Kier alpha value is -1.19. The zero-order chi connectivity index (χ0) is 14.2. The van der Waals surface area contributed by atoms with Crippen LogP contribution in [0.3, 0.4) is 0 Å². The van der Waals surface area contributed by atoms with E-state index in [2.05, 4.69) is 0 Å². The Balaban J connectivity index is 2.53. The summed E-state index contributed by atoms with van der Waals surface area (Å²) in [4.78, 5) is 0. The quantitative estimate of drug-likeness (QED) is 0.515. The largest absolute Gasteiger partial charge is 0.207 e. The minimum atomic E-state index is -1.24. The second kappa shape index (κ2) is 5.43. The summed E-state index contributed by atoms with van der Waals surface area (Å²) in [5.41, 5.74) is 1.11. The maximum Gasteiger partial charge on any atom is 0.161 e. The zero-order valence-electron chi connectivity index (χ0n) is 9.85. The van der Waals surface area contributed by atoms with Crippen LogP contribution in [-0.4, -0.2) is 0 Å². The summed E-state index contributed by atoms with van der Waals surface area (Å²) in [6.07, 6.45) is 0. The summed E-state index contributed by atoms with van der Waals surface area (Å²) >= 11 is 12.1. The van der Waals surface area contributed by atoms with E-state index >= 15 is 0 Å². The first-order chi connectivity index (χ1) is 8.91. The first-order valence-corrected chi connectivity index (χ1v) is 6.26. The molecule has 0 nitrogen and oxygen atoms in total. The Bertz CT molecular complexity index is 626. The van der Waals surface area contributed by atoms with E-state index in [9.17, 15) is 13.2 Å². The van der Waals surface area contributed by atoms with Gasteiger partial charge in [-0.2, -0.15) is 0 Å². The summed E-state index contributed by atoms with van der Waals surface area (Å²) in [6, 6.07) is 6.26. The highest BCUT2D eigenvalue weighted by Crippen LogP contribution is 2.35. The molecule has 0 bridgehead atoms. The Kier molecular flexibility index (Phi) is 4.07. The van der Waals surface area contributed by atoms with Gasteiger partial charge in [0.1, 0.15) is 5.82 Å². The first kappa shape index (κ1) is 14.2. The van der Waals surface area contributed by atoms with Crippen molar-refractivity contribution >= 4 is 23.2 Å². The predicted molar refractivity (Wildman–Crippen MR) is 70.2 cm³/mol. The molecule has 0 radical (unpaired) electrons. The average Bonchev–Trinajstić information content (AvgIpc) is 2.36. The molecule has 0 N–H and O–H groups in total. The molecule has 5 heteroatoms. The van der Waals surface area contributed by atoms with Gasteiger partial charge in [-0.15, -0.1) is 11.6 Å². The third-order valence-electron chi connectivity index (χ3n) is 2.90. The van der Waals surface area contributed by atoms with E-state index in [-0.39, 0.29) is 5.56 Å². The molecule has 0 aliphatic rings. The van der Waals surface area contributed by atoms with E-state index < -0.39 is 22.8 Å². The minimum absolute atomic E-state index is 0.120. The van der Waals surface area contributed by atoms with Crippen LogP contribution in [0.25, 0.3) is 0 Å². The summed E-state index contributed by atoms with van der Waals surface area (Å²) in [5, 5.41) is -0.458. The molecule has 19 heavy (non-hydrogen) atoms. The molecule has 0 amide bonds. The lowest BCUT2D eigenvalue weighted by atomic mass is 9.99. The van der Waals surface area contributed by atoms with Crippen LogP contribution in [-0.2, 0) is 0 Å². The van der Waals surface area contributed by atoms with Gasteiger partial charge >= 0.3 is 0 Å². The second-order valence-electron chi connectivity index (χ2n) is 4.10. The van der Waals surface area contributed by atoms with Crippen LogP contribution >= 0.6 is 23.2 Å². The molecule has 0 spiro atoms. The summed E-state index contributed by atoms with van der Waals surface area (Å²) in [7, 11) is 0. The Morgan fingerprint density at radius 3 is 2.26 bits per heavy atom. The third-order valence-corrected chi connectivity index (χ3v) is 3.77. The molecule has 0 aromatic heterocycles. The van der Waals surface area contributed by atoms with E-state index in [1.54, 1.807) is 25.1 Å². The highest BCUT2D eigenvalue weighted by molar-refractivity contribution is 6.31. The van der Waals surface area contributed by atoms with Gasteiger partial charge in [-0.05, 0) is 30.2 Å². The maximum atomic E-state index is 13.7. The standard InChI is InChI=1S/C14H9Cl2F3/c1-7-8(3-2-4-10(7)15)14(16)9-5-12(18)13(19)6-11(9)17/h2-6,14H,1H3. The van der Waals surface area contributed by atoms with Crippen molar-refractivity contribution in [1.29, 1.82) is 0 Å². The summed E-state index contributed by atoms with van der Waals surface area (Å²) in [5.74, 6) is -3.27. The van der Waals surface area contributed by atoms with Gasteiger partial charge in [0, 0.05) is 16.7 Å². The molecule has 0 saturated heterocycles. The van der Waals surface area contributed by atoms with Crippen LogP contribution in [0.15, 0.2) is 30.3 Å². The van der Waals surface area contributed by atoms with Crippen molar-refractivity contribution in [3.63, 3.8) is 0 Å². The fraction of sp³-hybridized carbons (Fsp3) is 0.143. The molecule has 0 heterocycles. The number of hydrogen-bond donors (Lipinski definition) is 0. The van der Waals surface area contributed by atoms with Crippen LogP contribution < -0.4 is 0 Å². The van der Waals surface area contributed by atoms with E-state index in [1.165, 1.54) is 0 Å². The van der Waals surface area contributed by atoms with Crippen molar-refractivity contribution < 1.29 is 13.2 Å². The fourth-order valence-corrected chi connectivity index (χ4v) is 2.38. The highest BCUT2D eigenvalue weighted by Gasteiger charge is 2.20. The monoisotopic (exact) mass is 304 g/mol. The molecular formula is C14H9Cl2F3. The molecule has 0 fully saturated rings. The maximum absolute atomic E-state index is 13.7. The SMILES string of the molecule is Cc1c(Cl)cccc1C(Cl)c1cc(F)c(F)cc1F. The van der Waals surface area contributed by atoms with Gasteiger partial charge in [-0.1, -0.05) is 23.7 Å². The van der Waals surface area contributed by atoms with Crippen LogP contribution in [0.2, 0.25) is 5.02 Å². The van der Waals surface area contributed by atoms with Gasteiger partial charge in [0.2, 0.25) is 0 Å². The third kappa shape index (κ3) is 2.72. The van der Waals surface area contributed by atoms with Crippen molar-refractivity contribution in [2.75, 3.05) is 0 Å². The molecule has 0 aliphatic heterocycles. The Morgan fingerprint density at radius 1 is 0.947 bits per heavy atom. The van der Waals surface area contributed by atoms with Gasteiger partial charge < -0.3 is 0 Å². The summed E-state index contributed by atoms with van der Waals surface area (Å²) in [6.45, 7) is 1.73. The van der Waals surface area contributed by atoms with Crippen LogP contribution in [0.5, 0.6) is 0 Å². The van der Waals surface area contributed by atoms with Gasteiger partial charge in [-0.25, -0.2) is 13.2 Å². The van der Waals surface area contributed by atoms with Crippen molar-refractivity contribution in [3.8, 4) is 0 Å². The van der Waals surface area contributed by atoms with Crippen LogP contribution in [0.1, 0.15) is 22.1 Å². The van der Waals surface area contributed by atoms with Crippen molar-refractivity contribution in [2.45, 2.75) is 12.3 Å². The lowest BCUT2D eigenvalue weighted by molar-refractivity contribution is 0.490. The van der Waals surface area contributed by atoms with E-state index in [0.717, 1.165) is 6.07 Å². The first-order valence-electron chi connectivity index (χ1n) is 5.45. The second-order valence-corrected chi connectivity index (χ2v) is 4.95. The van der Waals surface area contributed by atoms with E-state index in [0.29, 0.717) is 22.2 Å². The zero-order valence-corrected chi connectivity index (χ0v) is 11.4. The Morgan fingerprint density at radius 2 is 1.58 bits per heavy atom. The van der Waals surface area contributed by atoms with Gasteiger partial charge in [0.05, 0.1) is 5.38 Å². The number of alkyl halides is 1. The van der Waals surface area contributed by atoms with Gasteiger partial charge in [0.25, 0.3) is 0 Å². The van der Waals surface area contributed by atoms with Crippen LogP contribution in [0.4, 0.5) is 13.2 Å². The molecule has 1 unspecified atom stereocenters. The Labute approximate surface area is 118 Å². The number of hydrogen-bond acceptors (Lipinski definition) is 0. The molecule has 100 valence electrons. The number of benzene rings is 2.